The maximum absolute atomic E-state index is 9.32. The SMILES string of the molecule is OCC#Cc1cccc(CN(CCO)C2CCCCC2)c1. The molecule has 0 radical (unpaired) electrons. The van der Waals surface area contributed by atoms with Crippen LogP contribution in [-0.4, -0.2) is 40.9 Å². The van der Waals surface area contributed by atoms with Crippen molar-refractivity contribution in [1.82, 2.24) is 4.90 Å². The number of nitrogens with zero attached hydrogens (tertiary/aromatic N) is 1. The molecule has 0 amide bonds. The second-order valence-electron chi connectivity index (χ2n) is 5.65. The largest absolute Gasteiger partial charge is 0.395 e. The molecule has 0 spiro atoms. The third-order valence-electron chi connectivity index (χ3n) is 4.10. The first-order valence-electron chi connectivity index (χ1n) is 7.87. The number of hydrogen-bond donors (Lipinski definition) is 2. The first-order valence-corrected chi connectivity index (χ1v) is 7.87. The smallest absolute Gasteiger partial charge is 0.104 e. The van der Waals surface area contributed by atoms with Gasteiger partial charge in [0.25, 0.3) is 0 Å². The Morgan fingerprint density at radius 2 is 1.95 bits per heavy atom. The normalized spacial score (nSPS) is 15.8. The predicted octanol–water partition coefficient (Wildman–Crippen LogP) is 2.16. The van der Waals surface area contributed by atoms with Crippen LogP contribution in [0.2, 0.25) is 0 Å². The molecule has 2 rings (SSSR count). The van der Waals surface area contributed by atoms with Gasteiger partial charge in [-0.2, -0.15) is 0 Å². The van der Waals surface area contributed by atoms with E-state index in [1.165, 1.54) is 37.7 Å². The lowest BCUT2D eigenvalue weighted by molar-refractivity contribution is 0.117. The number of rotatable bonds is 5. The molecular weight excluding hydrogens is 262 g/mol. The van der Waals surface area contributed by atoms with Crippen molar-refractivity contribution in [2.75, 3.05) is 19.8 Å². The van der Waals surface area contributed by atoms with Gasteiger partial charge in [0, 0.05) is 24.7 Å². The molecule has 114 valence electrons. The minimum atomic E-state index is -0.108. The summed E-state index contributed by atoms with van der Waals surface area (Å²) in [6.45, 7) is 1.69. The molecule has 1 aliphatic carbocycles. The second-order valence-corrected chi connectivity index (χ2v) is 5.65. The highest BCUT2D eigenvalue weighted by Gasteiger charge is 2.20. The van der Waals surface area contributed by atoms with E-state index in [1.807, 2.05) is 12.1 Å². The Morgan fingerprint density at radius 1 is 1.14 bits per heavy atom. The average Bonchev–Trinajstić information content (AvgIpc) is 2.54. The lowest BCUT2D eigenvalue weighted by atomic mass is 9.93. The molecule has 2 N–H and O–H groups in total. The molecule has 21 heavy (non-hydrogen) atoms. The van der Waals surface area contributed by atoms with Crippen molar-refractivity contribution in [3.8, 4) is 11.8 Å². The standard InChI is InChI=1S/C18H25NO2/c20-12-5-8-16-6-4-7-17(14-16)15-19(11-13-21)18-9-2-1-3-10-18/h4,6-7,14,18,20-21H,1-3,9-13,15H2. The fourth-order valence-electron chi connectivity index (χ4n) is 3.09. The molecule has 1 fully saturated rings. The van der Waals surface area contributed by atoms with Crippen LogP contribution in [0, 0.1) is 11.8 Å². The van der Waals surface area contributed by atoms with E-state index < -0.39 is 0 Å². The fourth-order valence-corrected chi connectivity index (χ4v) is 3.09. The monoisotopic (exact) mass is 287 g/mol. The maximum Gasteiger partial charge on any atom is 0.104 e. The van der Waals surface area contributed by atoms with Crippen LogP contribution in [0.3, 0.4) is 0 Å². The highest BCUT2D eigenvalue weighted by molar-refractivity contribution is 5.37. The number of aliphatic hydroxyl groups is 2. The van der Waals surface area contributed by atoms with Gasteiger partial charge in [-0.3, -0.25) is 4.90 Å². The van der Waals surface area contributed by atoms with Crippen LogP contribution >= 0.6 is 0 Å². The van der Waals surface area contributed by atoms with Crippen molar-refractivity contribution in [2.45, 2.75) is 44.7 Å². The maximum atomic E-state index is 9.32. The summed E-state index contributed by atoms with van der Waals surface area (Å²) < 4.78 is 0. The van der Waals surface area contributed by atoms with Gasteiger partial charge < -0.3 is 10.2 Å². The van der Waals surface area contributed by atoms with Gasteiger partial charge in [-0.05, 0) is 30.5 Å². The molecule has 0 saturated heterocycles. The van der Waals surface area contributed by atoms with Gasteiger partial charge in [0.2, 0.25) is 0 Å². The van der Waals surface area contributed by atoms with E-state index in [1.54, 1.807) is 0 Å². The predicted molar refractivity (Wildman–Crippen MR) is 84.8 cm³/mol. The quantitative estimate of drug-likeness (QED) is 0.816. The second kappa shape index (κ2) is 8.84. The Bertz CT molecular complexity index is 483. The van der Waals surface area contributed by atoms with Gasteiger partial charge >= 0.3 is 0 Å². The Kier molecular flexibility index (Phi) is 6.75. The van der Waals surface area contributed by atoms with Gasteiger partial charge in [-0.25, -0.2) is 0 Å². The minimum Gasteiger partial charge on any atom is -0.395 e. The Labute approximate surface area is 127 Å². The topological polar surface area (TPSA) is 43.7 Å². The zero-order valence-electron chi connectivity index (χ0n) is 12.6. The third kappa shape index (κ3) is 5.17. The minimum absolute atomic E-state index is 0.108. The van der Waals surface area contributed by atoms with Crippen LogP contribution in [0.5, 0.6) is 0 Å². The van der Waals surface area contributed by atoms with Crippen molar-refractivity contribution >= 4 is 0 Å². The van der Waals surface area contributed by atoms with Crippen molar-refractivity contribution in [1.29, 1.82) is 0 Å². The number of benzene rings is 1. The lowest BCUT2D eigenvalue weighted by Crippen LogP contribution is -2.38. The summed E-state index contributed by atoms with van der Waals surface area (Å²) in [6.07, 6.45) is 6.42. The van der Waals surface area contributed by atoms with Gasteiger partial charge in [0.15, 0.2) is 0 Å². The van der Waals surface area contributed by atoms with Crippen LogP contribution < -0.4 is 0 Å². The molecule has 1 aromatic rings. The van der Waals surface area contributed by atoms with E-state index in [9.17, 15) is 5.11 Å². The zero-order chi connectivity index (χ0) is 14.9. The van der Waals surface area contributed by atoms with Crippen molar-refractivity contribution in [2.24, 2.45) is 0 Å². The highest BCUT2D eigenvalue weighted by Crippen LogP contribution is 2.24. The van der Waals surface area contributed by atoms with Crippen molar-refractivity contribution in [3.05, 3.63) is 35.4 Å². The summed E-state index contributed by atoms with van der Waals surface area (Å²) in [7, 11) is 0. The van der Waals surface area contributed by atoms with Gasteiger partial charge in [0.05, 0.1) is 6.61 Å². The summed E-state index contributed by atoms with van der Waals surface area (Å²) >= 11 is 0. The summed E-state index contributed by atoms with van der Waals surface area (Å²) in [5.41, 5.74) is 2.16. The first kappa shape index (κ1) is 16.0. The van der Waals surface area contributed by atoms with Gasteiger partial charge in [-0.1, -0.05) is 43.2 Å². The van der Waals surface area contributed by atoms with E-state index in [-0.39, 0.29) is 13.2 Å². The molecule has 0 unspecified atom stereocenters. The number of hydrogen-bond acceptors (Lipinski definition) is 3. The summed E-state index contributed by atoms with van der Waals surface area (Å²) in [5.74, 6) is 5.64. The first-order chi connectivity index (χ1) is 10.3. The molecule has 0 atom stereocenters. The van der Waals surface area contributed by atoms with E-state index in [2.05, 4.69) is 28.9 Å². The fraction of sp³-hybridized carbons (Fsp3) is 0.556. The lowest BCUT2D eigenvalue weighted by Gasteiger charge is -2.34. The van der Waals surface area contributed by atoms with Gasteiger partial charge in [-0.15, -0.1) is 0 Å². The molecule has 0 bridgehead atoms. The molecule has 0 aromatic heterocycles. The van der Waals surface area contributed by atoms with E-state index in [4.69, 9.17) is 5.11 Å². The van der Waals surface area contributed by atoms with Crippen molar-refractivity contribution < 1.29 is 10.2 Å². The molecule has 3 nitrogen and oxygen atoms in total. The molecule has 3 heteroatoms. The van der Waals surface area contributed by atoms with Crippen LogP contribution in [-0.2, 0) is 6.54 Å². The van der Waals surface area contributed by atoms with Crippen molar-refractivity contribution in [3.63, 3.8) is 0 Å². The zero-order valence-corrected chi connectivity index (χ0v) is 12.6. The highest BCUT2D eigenvalue weighted by atomic mass is 16.3. The molecular formula is C18H25NO2. The Morgan fingerprint density at radius 3 is 2.67 bits per heavy atom. The van der Waals surface area contributed by atoms with E-state index >= 15 is 0 Å². The van der Waals surface area contributed by atoms with Crippen LogP contribution in [0.15, 0.2) is 24.3 Å². The Hall–Kier alpha value is -1.34. The van der Waals surface area contributed by atoms with Gasteiger partial charge in [0.1, 0.15) is 6.61 Å². The molecule has 1 aliphatic rings. The molecule has 1 aromatic carbocycles. The number of aliphatic hydroxyl groups excluding tert-OH is 2. The van der Waals surface area contributed by atoms with Crippen LogP contribution in [0.1, 0.15) is 43.2 Å². The van der Waals surface area contributed by atoms with E-state index in [0.717, 1.165) is 18.7 Å². The summed E-state index contributed by atoms with van der Waals surface area (Å²) in [6, 6.07) is 8.75. The van der Waals surface area contributed by atoms with Crippen LogP contribution in [0.4, 0.5) is 0 Å². The molecule has 0 heterocycles. The van der Waals surface area contributed by atoms with E-state index in [0.29, 0.717) is 6.04 Å². The Balaban J connectivity index is 2.05. The summed E-state index contributed by atoms with van der Waals surface area (Å²) in [4.78, 5) is 2.40. The summed E-state index contributed by atoms with van der Waals surface area (Å²) in [5, 5.41) is 18.1. The van der Waals surface area contributed by atoms with Crippen LogP contribution in [0.25, 0.3) is 0 Å². The average molecular weight is 287 g/mol. The molecule has 1 saturated carbocycles. The molecule has 0 aliphatic heterocycles. The third-order valence-corrected chi connectivity index (χ3v) is 4.10.